The van der Waals surface area contributed by atoms with Gasteiger partial charge in [0, 0.05) is 0 Å². The standard InChI is InChI=1S/C23H21FO4/c1-3-12-27-21-11-7-16(13-20(21)24)17-6-10-19(23(25)26)22(14-17)28-18-8-4-15(2)5-9-18/h4-11,13-14H,3,12H2,1-2H3,(H,25,26). The van der Waals surface area contributed by atoms with Gasteiger partial charge in [0.2, 0.25) is 0 Å². The summed E-state index contributed by atoms with van der Waals surface area (Å²) >= 11 is 0. The summed E-state index contributed by atoms with van der Waals surface area (Å²) in [5.74, 6) is -0.637. The summed E-state index contributed by atoms with van der Waals surface area (Å²) in [6.07, 6.45) is 0.789. The van der Waals surface area contributed by atoms with Gasteiger partial charge in [-0.3, -0.25) is 0 Å². The van der Waals surface area contributed by atoms with Crippen LogP contribution in [-0.2, 0) is 0 Å². The molecule has 0 aliphatic heterocycles. The van der Waals surface area contributed by atoms with Crippen LogP contribution in [0.3, 0.4) is 0 Å². The number of hydrogen-bond acceptors (Lipinski definition) is 3. The second-order valence-corrected chi connectivity index (χ2v) is 6.42. The van der Waals surface area contributed by atoms with Crippen molar-refractivity contribution in [1.29, 1.82) is 0 Å². The van der Waals surface area contributed by atoms with Crippen molar-refractivity contribution in [3.63, 3.8) is 0 Å². The highest BCUT2D eigenvalue weighted by molar-refractivity contribution is 5.92. The second-order valence-electron chi connectivity index (χ2n) is 6.42. The lowest BCUT2D eigenvalue weighted by Gasteiger charge is -2.12. The molecule has 3 aromatic carbocycles. The average molecular weight is 380 g/mol. The predicted octanol–water partition coefficient (Wildman–Crippen LogP) is 6.08. The molecule has 1 N–H and O–H groups in total. The van der Waals surface area contributed by atoms with E-state index in [9.17, 15) is 14.3 Å². The predicted molar refractivity (Wildman–Crippen MR) is 106 cm³/mol. The van der Waals surface area contributed by atoms with Gasteiger partial charge in [-0.1, -0.05) is 36.8 Å². The van der Waals surface area contributed by atoms with Gasteiger partial charge in [-0.05, 0) is 60.9 Å². The Balaban J connectivity index is 1.95. The second kappa shape index (κ2) is 8.57. The smallest absolute Gasteiger partial charge is 0.339 e. The van der Waals surface area contributed by atoms with Crippen molar-refractivity contribution in [2.24, 2.45) is 0 Å². The molecule has 0 saturated heterocycles. The molecule has 0 radical (unpaired) electrons. The summed E-state index contributed by atoms with van der Waals surface area (Å²) < 4.78 is 25.5. The van der Waals surface area contributed by atoms with Crippen molar-refractivity contribution in [2.45, 2.75) is 20.3 Å². The third kappa shape index (κ3) is 4.49. The molecule has 0 atom stereocenters. The van der Waals surface area contributed by atoms with Crippen molar-refractivity contribution >= 4 is 5.97 Å². The van der Waals surface area contributed by atoms with Crippen LogP contribution in [0.5, 0.6) is 17.2 Å². The first-order valence-corrected chi connectivity index (χ1v) is 9.02. The van der Waals surface area contributed by atoms with Gasteiger partial charge in [-0.2, -0.15) is 0 Å². The number of aromatic carboxylic acids is 1. The number of ether oxygens (including phenoxy) is 2. The molecule has 144 valence electrons. The topological polar surface area (TPSA) is 55.8 Å². The summed E-state index contributed by atoms with van der Waals surface area (Å²) in [5.41, 5.74) is 2.35. The van der Waals surface area contributed by atoms with E-state index in [1.54, 1.807) is 36.4 Å². The number of carboxylic acid groups (broad SMARTS) is 1. The maximum atomic E-state index is 14.3. The van der Waals surface area contributed by atoms with Crippen molar-refractivity contribution in [1.82, 2.24) is 0 Å². The monoisotopic (exact) mass is 380 g/mol. The molecule has 0 amide bonds. The molecule has 0 aliphatic carbocycles. The molecule has 0 spiro atoms. The lowest BCUT2D eigenvalue weighted by atomic mass is 10.0. The Bertz CT molecular complexity index is 980. The Morgan fingerprint density at radius 3 is 2.29 bits per heavy atom. The normalized spacial score (nSPS) is 10.5. The van der Waals surface area contributed by atoms with Gasteiger partial charge in [0.15, 0.2) is 11.6 Å². The highest BCUT2D eigenvalue weighted by Gasteiger charge is 2.15. The quantitative estimate of drug-likeness (QED) is 0.540. The van der Waals surface area contributed by atoms with E-state index in [0.717, 1.165) is 12.0 Å². The van der Waals surface area contributed by atoms with Crippen LogP contribution in [0.15, 0.2) is 60.7 Å². The van der Waals surface area contributed by atoms with Gasteiger partial charge in [0.05, 0.1) is 6.61 Å². The van der Waals surface area contributed by atoms with E-state index in [-0.39, 0.29) is 17.1 Å². The largest absolute Gasteiger partial charge is 0.491 e. The Morgan fingerprint density at radius 1 is 0.964 bits per heavy atom. The third-order valence-electron chi connectivity index (χ3n) is 4.19. The van der Waals surface area contributed by atoms with Gasteiger partial charge in [-0.25, -0.2) is 9.18 Å². The van der Waals surface area contributed by atoms with Crippen LogP contribution < -0.4 is 9.47 Å². The summed E-state index contributed by atoms with van der Waals surface area (Å²) in [7, 11) is 0. The number of carboxylic acids is 1. The molecule has 3 rings (SSSR count). The van der Waals surface area contributed by atoms with Crippen molar-refractivity contribution < 1.29 is 23.8 Å². The van der Waals surface area contributed by atoms with Gasteiger partial charge in [0.1, 0.15) is 17.1 Å². The molecule has 0 saturated carbocycles. The van der Waals surface area contributed by atoms with E-state index >= 15 is 0 Å². The number of benzene rings is 3. The minimum absolute atomic E-state index is 0.0349. The van der Waals surface area contributed by atoms with Gasteiger partial charge in [0.25, 0.3) is 0 Å². The van der Waals surface area contributed by atoms with Crippen LogP contribution in [0.1, 0.15) is 29.3 Å². The van der Waals surface area contributed by atoms with Gasteiger partial charge < -0.3 is 14.6 Å². The zero-order valence-electron chi connectivity index (χ0n) is 15.7. The van der Waals surface area contributed by atoms with Crippen molar-refractivity contribution in [3.8, 4) is 28.4 Å². The molecule has 5 heteroatoms. The fourth-order valence-electron chi connectivity index (χ4n) is 2.71. The fourth-order valence-corrected chi connectivity index (χ4v) is 2.71. The number of hydrogen-bond donors (Lipinski definition) is 1. The highest BCUT2D eigenvalue weighted by Crippen LogP contribution is 2.32. The van der Waals surface area contributed by atoms with E-state index in [0.29, 0.717) is 23.5 Å². The maximum absolute atomic E-state index is 14.3. The molecule has 0 bridgehead atoms. The van der Waals surface area contributed by atoms with Crippen molar-refractivity contribution in [2.75, 3.05) is 6.61 Å². The van der Waals surface area contributed by atoms with E-state index < -0.39 is 11.8 Å². The summed E-state index contributed by atoms with van der Waals surface area (Å²) in [6, 6.07) is 16.7. The van der Waals surface area contributed by atoms with E-state index in [2.05, 4.69) is 0 Å². The molecule has 28 heavy (non-hydrogen) atoms. The third-order valence-corrected chi connectivity index (χ3v) is 4.19. The molecular formula is C23H21FO4. The van der Waals surface area contributed by atoms with E-state index in [1.807, 2.05) is 26.0 Å². The molecule has 3 aromatic rings. The zero-order valence-corrected chi connectivity index (χ0v) is 15.7. The van der Waals surface area contributed by atoms with Gasteiger partial charge in [-0.15, -0.1) is 0 Å². The first-order chi connectivity index (χ1) is 13.5. The summed E-state index contributed by atoms with van der Waals surface area (Å²) in [4.78, 5) is 11.6. The SMILES string of the molecule is CCCOc1ccc(-c2ccc(C(=O)O)c(Oc3ccc(C)cc3)c2)cc1F. The first kappa shape index (κ1) is 19.4. The van der Waals surface area contributed by atoms with E-state index in [1.165, 1.54) is 12.1 Å². The van der Waals surface area contributed by atoms with Crippen LogP contribution in [0.2, 0.25) is 0 Å². The van der Waals surface area contributed by atoms with Crippen LogP contribution in [-0.4, -0.2) is 17.7 Å². The van der Waals surface area contributed by atoms with Crippen molar-refractivity contribution in [3.05, 3.63) is 77.6 Å². The molecule has 0 fully saturated rings. The molecule has 0 aromatic heterocycles. The Labute approximate surface area is 163 Å². The molecule has 4 nitrogen and oxygen atoms in total. The maximum Gasteiger partial charge on any atom is 0.339 e. The lowest BCUT2D eigenvalue weighted by Crippen LogP contribution is -2.01. The number of aryl methyl sites for hydroxylation is 1. The van der Waals surface area contributed by atoms with Crippen LogP contribution in [0, 0.1) is 12.7 Å². The lowest BCUT2D eigenvalue weighted by molar-refractivity contribution is 0.0694. The fraction of sp³-hybridized carbons (Fsp3) is 0.174. The Morgan fingerprint density at radius 2 is 1.64 bits per heavy atom. The number of halogens is 1. The Kier molecular flexibility index (Phi) is 5.94. The minimum Gasteiger partial charge on any atom is -0.491 e. The molecule has 0 heterocycles. The van der Waals surface area contributed by atoms with Crippen LogP contribution >= 0.6 is 0 Å². The zero-order chi connectivity index (χ0) is 20.1. The van der Waals surface area contributed by atoms with Crippen LogP contribution in [0.4, 0.5) is 4.39 Å². The van der Waals surface area contributed by atoms with Crippen LogP contribution in [0.25, 0.3) is 11.1 Å². The first-order valence-electron chi connectivity index (χ1n) is 9.02. The average Bonchev–Trinajstić information content (AvgIpc) is 2.68. The Hall–Kier alpha value is -3.34. The number of carbonyl (C=O) groups is 1. The number of rotatable bonds is 7. The minimum atomic E-state index is -1.09. The summed E-state index contributed by atoms with van der Waals surface area (Å²) in [5, 5.41) is 9.46. The molecule has 0 unspecified atom stereocenters. The van der Waals surface area contributed by atoms with E-state index in [4.69, 9.17) is 9.47 Å². The summed E-state index contributed by atoms with van der Waals surface area (Å²) in [6.45, 7) is 4.35. The highest BCUT2D eigenvalue weighted by atomic mass is 19.1. The molecular weight excluding hydrogens is 359 g/mol. The molecule has 0 aliphatic rings. The van der Waals surface area contributed by atoms with Gasteiger partial charge >= 0.3 is 5.97 Å².